The Labute approximate surface area is 154 Å². The highest BCUT2D eigenvalue weighted by molar-refractivity contribution is 5.97. The molecule has 0 unspecified atom stereocenters. The average Bonchev–Trinajstić information content (AvgIpc) is 3.12. The number of likely N-dealkylation sites (tertiary alicyclic amines) is 1. The number of hydrogen-bond donors (Lipinski definition) is 0. The molecule has 0 atom stereocenters. The second-order valence-electron chi connectivity index (χ2n) is 7.19. The van der Waals surface area contributed by atoms with Gasteiger partial charge >= 0.3 is 0 Å². The highest BCUT2D eigenvalue weighted by Crippen LogP contribution is 2.31. The van der Waals surface area contributed by atoms with E-state index in [0.29, 0.717) is 19.5 Å². The molecule has 2 aliphatic rings. The van der Waals surface area contributed by atoms with Gasteiger partial charge in [0.25, 0.3) is 0 Å². The van der Waals surface area contributed by atoms with Crippen molar-refractivity contribution in [2.24, 2.45) is 5.92 Å². The molecule has 0 radical (unpaired) electrons. The summed E-state index contributed by atoms with van der Waals surface area (Å²) in [6.07, 6.45) is 2.91. The number of rotatable bonds is 3. The summed E-state index contributed by atoms with van der Waals surface area (Å²) in [5.74, 6) is 0.417. The van der Waals surface area contributed by atoms with E-state index in [4.69, 9.17) is 0 Å². The molecule has 134 valence electrons. The van der Waals surface area contributed by atoms with E-state index in [2.05, 4.69) is 6.07 Å². The lowest BCUT2D eigenvalue weighted by Gasteiger charge is -2.33. The highest BCUT2D eigenvalue weighted by atomic mass is 16.2. The molecule has 1 saturated heterocycles. The molecule has 0 aliphatic carbocycles. The maximum Gasteiger partial charge on any atom is 0.230 e. The van der Waals surface area contributed by atoms with E-state index in [1.807, 2.05) is 58.3 Å². The van der Waals surface area contributed by atoms with Crippen LogP contribution < -0.4 is 4.90 Å². The van der Waals surface area contributed by atoms with Crippen LogP contribution in [0.5, 0.6) is 0 Å². The van der Waals surface area contributed by atoms with E-state index in [-0.39, 0.29) is 17.7 Å². The molecule has 2 aliphatic heterocycles. The SMILES string of the molecule is O=C(Cc1ccccc1)N1CCC(C(=O)N2CCc3ccccc32)CC1. The largest absolute Gasteiger partial charge is 0.342 e. The number of carbonyl (C=O) groups is 2. The molecule has 0 spiro atoms. The van der Waals surface area contributed by atoms with Crippen LogP contribution in [0.4, 0.5) is 5.69 Å². The Morgan fingerprint density at radius 3 is 2.35 bits per heavy atom. The standard InChI is InChI=1S/C22H24N2O2/c25-21(16-17-6-2-1-3-7-17)23-13-10-19(11-14-23)22(26)24-15-12-18-8-4-5-9-20(18)24/h1-9,19H,10-16H2. The van der Waals surface area contributed by atoms with Gasteiger partial charge in [-0.15, -0.1) is 0 Å². The molecule has 0 aromatic heterocycles. The monoisotopic (exact) mass is 348 g/mol. The second-order valence-corrected chi connectivity index (χ2v) is 7.19. The number of benzene rings is 2. The first-order valence-electron chi connectivity index (χ1n) is 9.43. The van der Waals surface area contributed by atoms with Crippen LogP contribution in [0.1, 0.15) is 24.0 Å². The number of anilines is 1. The Balaban J connectivity index is 1.34. The molecule has 4 rings (SSSR count). The molecular weight excluding hydrogens is 324 g/mol. The molecule has 2 heterocycles. The quantitative estimate of drug-likeness (QED) is 0.855. The lowest BCUT2D eigenvalue weighted by atomic mass is 9.94. The minimum atomic E-state index is 0.0296. The zero-order valence-electron chi connectivity index (χ0n) is 14.9. The van der Waals surface area contributed by atoms with Crippen LogP contribution in [0.25, 0.3) is 0 Å². The number of nitrogens with zero attached hydrogens (tertiary/aromatic N) is 2. The van der Waals surface area contributed by atoms with Gasteiger partial charge in [-0.1, -0.05) is 48.5 Å². The summed E-state index contributed by atoms with van der Waals surface area (Å²) in [4.78, 5) is 29.3. The third-order valence-electron chi connectivity index (χ3n) is 5.55. The van der Waals surface area contributed by atoms with Gasteiger partial charge in [-0.2, -0.15) is 0 Å². The molecule has 1 fully saturated rings. The topological polar surface area (TPSA) is 40.6 Å². The summed E-state index contributed by atoms with van der Waals surface area (Å²) in [6.45, 7) is 2.14. The van der Waals surface area contributed by atoms with Crippen molar-refractivity contribution in [3.8, 4) is 0 Å². The minimum absolute atomic E-state index is 0.0296. The smallest absolute Gasteiger partial charge is 0.230 e. The second kappa shape index (κ2) is 7.32. The van der Waals surface area contributed by atoms with Crippen LogP contribution >= 0.6 is 0 Å². The van der Waals surface area contributed by atoms with E-state index in [1.54, 1.807) is 0 Å². The predicted molar refractivity (Wildman–Crippen MR) is 102 cm³/mol. The number of hydrogen-bond acceptors (Lipinski definition) is 2. The first-order valence-corrected chi connectivity index (χ1v) is 9.43. The average molecular weight is 348 g/mol. The van der Waals surface area contributed by atoms with Crippen LogP contribution in [0.2, 0.25) is 0 Å². The van der Waals surface area contributed by atoms with Gasteiger partial charge < -0.3 is 9.80 Å². The maximum atomic E-state index is 13.0. The molecular formula is C22H24N2O2. The molecule has 0 saturated carbocycles. The first kappa shape index (κ1) is 16.8. The number of carbonyl (C=O) groups excluding carboxylic acids is 2. The molecule has 2 aromatic carbocycles. The maximum absolute atomic E-state index is 13.0. The van der Waals surface area contributed by atoms with E-state index in [1.165, 1.54) is 5.56 Å². The zero-order chi connectivity index (χ0) is 17.9. The molecule has 0 bridgehead atoms. The Morgan fingerprint density at radius 2 is 1.58 bits per heavy atom. The summed E-state index contributed by atoms with van der Waals surface area (Å²) >= 11 is 0. The van der Waals surface area contributed by atoms with Gasteiger partial charge in [0.1, 0.15) is 0 Å². The van der Waals surface area contributed by atoms with Gasteiger partial charge in [0, 0.05) is 31.2 Å². The van der Waals surface area contributed by atoms with Gasteiger partial charge in [0.05, 0.1) is 6.42 Å². The Kier molecular flexibility index (Phi) is 4.74. The molecule has 4 heteroatoms. The predicted octanol–water partition coefficient (Wildman–Crippen LogP) is 3.06. The molecule has 2 amide bonds. The number of amides is 2. The summed E-state index contributed by atoms with van der Waals surface area (Å²) in [5, 5.41) is 0. The fourth-order valence-corrected chi connectivity index (χ4v) is 4.05. The van der Waals surface area contributed by atoms with Crippen LogP contribution in [-0.2, 0) is 22.4 Å². The normalized spacial score (nSPS) is 17.2. The Bertz CT molecular complexity index is 795. The van der Waals surface area contributed by atoms with Crippen LogP contribution in [0.15, 0.2) is 54.6 Å². The summed E-state index contributed by atoms with van der Waals surface area (Å²) < 4.78 is 0. The number of fused-ring (bicyclic) bond motifs is 1. The minimum Gasteiger partial charge on any atom is -0.342 e. The van der Waals surface area contributed by atoms with Crippen molar-refractivity contribution < 1.29 is 9.59 Å². The third kappa shape index (κ3) is 3.36. The number of para-hydroxylation sites is 1. The first-order chi connectivity index (χ1) is 12.7. The van der Waals surface area contributed by atoms with E-state index in [9.17, 15) is 9.59 Å². The van der Waals surface area contributed by atoms with Crippen molar-refractivity contribution in [3.05, 3.63) is 65.7 Å². The van der Waals surface area contributed by atoms with Gasteiger partial charge in [-0.3, -0.25) is 9.59 Å². The van der Waals surface area contributed by atoms with Gasteiger partial charge in [-0.05, 0) is 36.5 Å². The highest BCUT2D eigenvalue weighted by Gasteiger charge is 2.33. The van der Waals surface area contributed by atoms with Gasteiger partial charge in [0.15, 0.2) is 0 Å². The van der Waals surface area contributed by atoms with Crippen LogP contribution in [0, 0.1) is 5.92 Å². The van der Waals surface area contributed by atoms with Crippen molar-refractivity contribution in [2.45, 2.75) is 25.7 Å². The van der Waals surface area contributed by atoms with Gasteiger partial charge in [0.2, 0.25) is 11.8 Å². The van der Waals surface area contributed by atoms with Crippen molar-refractivity contribution >= 4 is 17.5 Å². The third-order valence-corrected chi connectivity index (χ3v) is 5.55. The summed E-state index contributed by atoms with van der Waals surface area (Å²) in [5.41, 5.74) is 3.38. The molecule has 2 aromatic rings. The lowest BCUT2D eigenvalue weighted by Crippen LogP contribution is -2.44. The zero-order valence-corrected chi connectivity index (χ0v) is 14.9. The summed E-state index contributed by atoms with van der Waals surface area (Å²) in [6, 6.07) is 18.0. The Hall–Kier alpha value is -2.62. The van der Waals surface area contributed by atoms with Gasteiger partial charge in [-0.25, -0.2) is 0 Å². The Morgan fingerprint density at radius 1 is 0.885 bits per heavy atom. The summed E-state index contributed by atoms with van der Waals surface area (Å²) in [7, 11) is 0. The van der Waals surface area contributed by atoms with E-state index >= 15 is 0 Å². The number of piperidine rings is 1. The van der Waals surface area contributed by atoms with Crippen LogP contribution in [0.3, 0.4) is 0 Å². The van der Waals surface area contributed by atoms with Crippen LogP contribution in [-0.4, -0.2) is 36.3 Å². The van der Waals surface area contributed by atoms with E-state index < -0.39 is 0 Å². The van der Waals surface area contributed by atoms with E-state index in [0.717, 1.165) is 37.1 Å². The fraction of sp³-hybridized carbons (Fsp3) is 0.364. The van der Waals surface area contributed by atoms with Crippen molar-refractivity contribution in [1.29, 1.82) is 0 Å². The fourth-order valence-electron chi connectivity index (χ4n) is 4.05. The van der Waals surface area contributed by atoms with Crippen molar-refractivity contribution in [3.63, 3.8) is 0 Å². The van der Waals surface area contributed by atoms with Crippen molar-refractivity contribution in [1.82, 2.24) is 4.90 Å². The molecule has 0 N–H and O–H groups in total. The lowest BCUT2D eigenvalue weighted by molar-refractivity contribution is -0.134. The molecule has 4 nitrogen and oxygen atoms in total. The van der Waals surface area contributed by atoms with Crippen molar-refractivity contribution in [2.75, 3.05) is 24.5 Å². The molecule has 26 heavy (non-hydrogen) atoms.